The third-order valence-corrected chi connectivity index (χ3v) is 5.35. The average molecular weight is 365 g/mol. The van der Waals surface area contributed by atoms with Crippen LogP contribution in [0.5, 0.6) is 0 Å². The first kappa shape index (κ1) is 22.1. The minimum Gasteiger partial charge on any atom is -0.465 e. The number of unbranched alkanes of at least 4 members (excludes halogenated alkanes) is 11. The standard InChI is InChI=1S/C22H36O2S/c1-2-3-4-5-6-7-8-9-10-11-12-16-19-24-22(23)20-25-21-17-14-13-15-18-21/h13-15,17-18H,2-12,16,19-20H2,1H3. The maximum Gasteiger partial charge on any atom is 0.316 e. The van der Waals surface area contributed by atoms with Crippen molar-refractivity contribution in [3.05, 3.63) is 30.3 Å². The summed E-state index contributed by atoms with van der Waals surface area (Å²) in [6.07, 6.45) is 15.9. The monoisotopic (exact) mass is 364 g/mol. The maximum atomic E-state index is 11.7. The number of ether oxygens (including phenoxy) is 1. The van der Waals surface area contributed by atoms with Gasteiger partial charge in [-0.1, -0.05) is 95.8 Å². The molecule has 25 heavy (non-hydrogen) atoms. The summed E-state index contributed by atoms with van der Waals surface area (Å²) < 4.78 is 5.30. The summed E-state index contributed by atoms with van der Waals surface area (Å²) in [6, 6.07) is 9.99. The first-order valence-electron chi connectivity index (χ1n) is 10.2. The highest BCUT2D eigenvalue weighted by molar-refractivity contribution is 8.00. The second kappa shape index (κ2) is 16.5. The van der Waals surface area contributed by atoms with Crippen LogP contribution in [0.1, 0.15) is 84.0 Å². The van der Waals surface area contributed by atoms with E-state index in [9.17, 15) is 4.79 Å². The minimum absolute atomic E-state index is 0.100. The lowest BCUT2D eigenvalue weighted by Gasteiger charge is -2.05. The smallest absolute Gasteiger partial charge is 0.316 e. The van der Waals surface area contributed by atoms with Crippen LogP contribution in [0, 0.1) is 0 Å². The fraction of sp³-hybridized carbons (Fsp3) is 0.682. The van der Waals surface area contributed by atoms with Crippen molar-refractivity contribution in [2.45, 2.75) is 88.9 Å². The van der Waals surface area contributed by atoms with Crippen molar-refractivity contribution in [2.75, 3.05) is 12.4 Å². The van der Waals surface area contributed by atoms with Crippen molar-refractivity contribution in [2.24, 2.45) is 0 Å². The zero-order chi connectivity index (χ0) is 18.0. The van der Waals surface area contributed by atoms with Crippen LogP contribution in [0.15, 0.2) is 35.2 Å². The molecule has 0 aliphatic rings. The van der Waals surface area contributed by atoms with E-state index in [0.717, 1.165) is 11.3 Å². The molecule has 1 aromatic rings. The summed E-state index contributed by atoms with van der Waals surface area (Å²) in [5.41, 5.74) is 0. The third kappa shape index (κ3) is 13.9. The van der Waals surface area contributed by atoms with E-state index in [1.165, 1.54) is 82.4 Å². The molecule has 1 aromatic carbocycles. The Balaban J connectivity index is 1.80. The fourth-order valence-electron chi connectivity index (χ4n) is 2.83. The van der Waals surface area contributed by atoms with Gasteiger partial charge in [0.2, 0.25) is 0 Å². The molecule has 0 spiro atoms. The molecule has 0 aromatic heterocycles. The Morgan fingerprint density at radius 2 is 1.32 bits per heavy atom. The Labute approximate surface area is 159 Å². The first-order valence-corrected chi connectivity index (χ1v) is 11.1. The number of carbonyl (C=O) groups excluding carboxylic acids is 1. The molecule has 3 heteroatoms. The molecule has 0 amide bonds. The molecule has 0 fully saturated rings. The minimum atomic E-state index is -0.100. The Kier molecular flexibility index (Phi) is 14.6. The SMILES string of the molecule is CCCCCCCCCCCCCCOC(=O)CSc1ccccc1. The summed E-state index contributed by atoms with van der Waals surface area (Å²) in [7, 11) is 0. The molecular formula is C22H36O2S. The molecule has 2 nitrogen and oxygen atoms in total. The molecule has 0 aliphatic heterocycles. The molecular weight excluding hydrogens is 328 g/mol. The first-order chi connectivity index (χ1) is 12.3. The number of esters is 1. The van der Waals surface area contributed by atoms with Crippen LogP contribution in [0.4, 0.5) is 0 Å². The van der Waals surface area contributed by atoms with Gasteiger partial charge in [0.25, 0.3) is 0 Å². The van der Waals surface area contributed by atoms with Gasteiger partial charge in [-0.15, -0.1) is 11.8 Å². The zero-order valence-corrected chi connectivity index (χ0v) is 16.8. The lowest BCUT2D eigenvalue weighted by atomic mass is 10.1. The van der Waals surface area contributed by atoms with Crippen molar-refractivity contribution in [3.63, 3.8) is 0 Å². The van der Waals surface area contributed by atoms with Gasteiger partial charge in [0.1, 0.15) is 0 Å². The van der Waals surface area contributed by atoms with E-state index in [1.807, 2.05) is 30.3 Å². The number of carbonyl (C=O) groups is 1. The van der Waals surface area contributed by atoms with Gasteiger partial charge in [0, 0.05) is 4.90 Å². The van der Waals surface area contributed by atoms with Crippen molar-refractivity contribution < 1.29 is 9.53 Å². The van der Waals surface area contributed by atoms with Gasteiger partial charge in [0.15, 0.2) is 0 Å². The molecule has 142 valence electrons. The Morgan fingerprint density at radius 3 is 1.88 bits per heavy atom. The largest absolute Gasteiger partial charge is 0.465 e. The van der Waals surface area contributed by atoms with Gasteiger partial charge in [-0.3, -0.25) is 4.79 Å². The summed E-state index contributed by atoms with van der Waals surface area (Å²) in [5.74, 6) is 0.305. The van der Waals surface area contributed by atoms with Crippen molar-refractivity contribution >= 4 is 17.7 Å². The normalized spacial score (nSPS) is 10.8. The van der Waals surface area contributed by atoms with Crippen LogP contribution < -0.4 is 0 Å². The molecule has 0 N–H and O–H groups in total. The van der Waals surface area contributed by atoms with Crippen LogP contribution >= 0.6 is 11.8 Å². The predicted molar refractivity (Wildman–Crippen MR) is 109 cm³/mol. The van der Waals surface area contributed by atoms with Crippen LogP contribution in [-0.2, 0) is 9.53 Å². The van der Waals surface area contributed by atoms with E-state index in [4.69, 9.17) is 4.74 Å². The highest BCUT2D eigenvalue weighted by atomic mass is 32.2. The Bertz CT molecular complexity index is 419. The highest BCUT2D eigenvalue weighted by Crippen LogP contribution is 2.17. The number of hydrogen-bond donors (Lipinski definition) is 0. The molecule has 0 radical (unpaired) electrons. The second-order valence-corrected chi connectivity index (χ2v) is 7.76. The molecule has 0 heterocycles. The molecule has 0 saturated carbocycles. The summed E-state index contributed by atoms with van der Waals surface area (Å²) in [6.45, 7) is 2.84. The maximum absolute atomic E-state index is 11.7. The van der Waals surface area contributed by atoms with E-state index in [0.29, 0.717) is 12.4 Å². The number of rotatable bonds is 16. The van der Waals surface area contributed by atoms with Gasteiger partial charge in [0.05, 0.1) is 12.4 Å². The van der Waals surface area contributed by atoms with Crippen molar-refractivity contribution in [1.82, 2.24) is 0 Å². The van der Waals surface area contributed by atoms with Crippen molar-refractivity contribution in [3.8, 4) is 0 Å². The number of benzene rings is 1. The third-order valence-electron chi connectivity index (χ3n) is 4.36. The lowest BCUT2D eigenvalue weighted by molar-refractivity contribution is -0.140. The summed E-state index contributed by atoms with van der Waals surface area (Å²) in [4.78, 5) is 12.8. The Morgan fingerprint density at radius 1 is 0.800 bits per heavy atom. The fourth-order valence-corrected chi connectivity index (χ4v) is 3.55. The number of hydrogen-bond acceptors (Lipinski definition) is 3. The van der Waals surface area contributed by atoms with Crippen molar-refractivity contribution in [1.29, 1.82) is 0 Å². The van der Waals surface area contributed by atoms with E-state index in [1.54, 1.807) is 0 Å². The molecule has 0 aliphatic carbocycles. The van der Waals surface area contributed by atoms with Gasteiger partial charge < -0.3 is 4.74 Å². The average Bonchev–Trinajstić information content (AvgIpc) is 2.64. The van der Waals surface area contributed by atoms with Gasteiger partial charge in [-0.2, -0.15) is 0 Å². The van der Waals surface area contributed by atoms with E-state index >= 15 is 0 Å². The van der Waals surface area contributed by atoms with Crippen LogP contribution in [0.25, 0.3) is 0 Å². The topological polar surface area (TPSA) is 26.3 Å². The van der Waals surface area contributed by atoms with E-state index in [-0.39, 0.29) is 5.97 Å². The molecule has 0 unspecified atom stereocenters. The zero-order valence-electron chi connectivity index (χ0n) is 16.0. The quantitative estimate of drug-likeness (QED) is 0.179. The van der Waals surface area contributed by atoms with Gasteiger partial charge >= 0.3 is 5.97 Å². The Hall–Kier alpha value is -0.960. The van der Waals surface area contributed by atoms with Gasteiger partial charge in [-0.25, -0.2) is 0 Å². The summed E-state index contributed by atoms with van der Waals surface area (Å²) >= 11 is 1.54. The molecule has 0 bridgehead atoms. The van der Waals surface area contributed by atoms with E-state index in [2.05, 4.69) is 6.92 Å². The van der Waals surface area contributed by atoms with Gasteiger partial charge in [-0.05, 0) is 18.6 Å². The highest BCUT2D eigenvalue weighted by Gasteiger charge is 2.03. The predicted octanol–water partition coefficient (Wildman–Crippen LogP) is 7.02. The number of thioether (sulfide) groups is 1. The van der Waals surface area contributed by atoms with Crippen LogP contribution in [0.3, 0.4) is 0 Å². The molecule has 0 saturated heterocycles. The second-order valence-electron chi connectivity index (χ2n) is 6.71. The van der Waals surface area contributed by atoms with E-state index < -0.39 is 0 Å². The molecule has 1 rings (SSSR count). The summed E-state index contributed by atoms with van der Waals surface area (Å²) in [5, 5.41) is 0. The molecule has 0 atom stereocenters. The van der Waals surface area contributed by atoms with Crippen LogP contribution in [-0.4, -0.2) is 18.3 Å². The van der Waals surface area contributed by atoms with Crippen LogP contribution in [0.2, 0.25) is 0 Å². The lowest BCUT2D eigenvalue weighted by Crippen LogP contribution is -2.08.